The van der Waals surface area contributed by atoms with Gasteiger partial charge in [-0.2, -0.15) is 0 Å². The van der Waals surface area contributed by atoms with Crippen molar-refractivity contribution in [3.05, 3.63) is 60.3 Å². The van der Waals surface area contributed by atoms with Crippen LogP contribution >= 0.6 is 0 Å². The number of aromatic nitrogens is 1. The van der Waals surface area contributed by atoms with Crippen LogP contribution in [0.4, 0.5) is 16.2 Å². The van der Waals surface area contributed by atoms with E-state index in [0.29, 0.717) is 30.2 Å². The molecule has 2 heterocycles. The second-order valence-corrected chi connectivity index (χ2v) is 7.33. The van der Waals surface area contributed by atoms with Gasteiger partial charge in [0.25, 0.3) is 5.91 Å². The van der Waals surface area contributed by atoms with Gasteiger partial charge in [-0.25, -0.2) is 4.79 Å². The van der Waals surface area contributed by atoms with Crippen LogP contribution in [0.2, 0.25) is 0 Å². The number of rotatable bonds is 6. The van der Waals surface area contributed by atoms with Crippen LogP contribution in [-0.2, 0) is 11.3 Å². The van der Waals surface area contributed by atoms with Gasteiger partial charge in [-0.05, 0) is 56.2 Å². The summed E-state index contributed by atoms with van der Waals surface area (Å²) in [6.45, 7) is 4.00. The summed E-state index contributed by atoms with van der Waals surface area (Å²) in [6.07, 6.45) is 2.12. The minimum Gasteiger partial charge on any atom is -0.376 e. The van der Waals surface area contributed by atoms with Crippen molar-refractivity contribution in [3.8, 4) is 0 Å². The van der Waals surface area contributed by atoms with Crippen LogP contribution in [0.25, 0.3) is 10.9 Å². The number of fused-ring (bicyclic) bond motifs is 1. The lowest BCUT2D eigenvalue weighted by atomic mass is 10.2. The third-order valence-electron chi connectivity index (χ3n) is 5.27. The smallest absolute Gasteiger partial charge is 0.319 e. The molecule has 1 aliphatic heterocycles. The first-order valence-electron chi connectivity index (χ1n) is 10.3. The lowest BCUT2D eigenvalue weighted by Gasteiger charge is -2.12. The number of ether oxygens (including phenoxy) is 1. The molecule has 3 aromatic rings. The second-order valence-electron chi connectivity index (χ2n) is 7.33. The molecule has 7 nitrogen and oxygen atoms in total. The van der Waals surface area contributed by atoms with Crippen LogP contribution in [0.5, 0.6) is 0 Å². The van der Waals surface area contributed by atoms with Gasteiger partial charge in [-0.15, -0.1) is 0 Å². The topological polar surface area (TPSA) is 84.4 Å². The molecule has 0 aliphatic carbocycles. The lowest BCUT2D eigenvalue weighted by molar-refractivity contribution is 0.101. The number of para-hydroxylation sites is 1. The third-order valence-corrected chi connectivity index (χ3v) is 5.27. The molecule has 1 unspecified atom stereocenters. The van der Waals surface area contributed by atoms with Crippen LogP contribution in [0, 0.1) is 0 Å². The summed E-state index contributed by atoms with van der Waals surface area (Å²) in [6, 6.07) is 16.7. The molecule has 1 aromatic heterocycles. The van der Waals surface area contributed by atoms with E-state index in [1.54, 1.807) is 24.3 Å². The predicted octanol–water partition coefficient (Wildman–Crippen LogP) is 4.21. The Morgan fingerprint density at radius 2 is 1.80 bits per heavy atom. The van der Waals surface area contributed by atoms with Crippen molar-refractivity contribution in [2.45, 2.75) is 32.4 Å². The average molecular weight is 406 g/mol. The Kier molecular flexibility index (Phi) is 5.99. The molecule has 1 atom stereocenters. The first kappa shape index (κ1) is 20.0. The van der Waals surface area contributed by atoms with E-state index in [1.165, 1.54) is 0 Å². The molecule has 30 heavy (non-hydrogen) atoms. The zero-order valence-corrected chi connectivity index (χ0v) is 17.0. The molecule has 156 valence electrons. The Labute approximate surface area is 175 Å². The number of urea groups is 1. The van der Waals surface area contributed by atoms with Gasteiger partial charge in [-0.3, -0.25) is 4.79 Å². The molecule has 3 amide bonds. The lowest BCUT2D eigenvalue weighted by Crippen LogP contribution is -2.35. The highest BCUT2D eigenvalue weighted by atomic mass is 16.5. The zero-order valence-electron chi connectivity index (χ0n) is 17.0. The summed E-state index contributed by atoms with van der Waals surface area (Å²) < 4.78 is 7.49. The van der Waals surface area contributed by atoms with Gasteiger partial charge >= 0.3 is 6.03 Å². The molecule has 1 saturated heterocycles. The maximum Gasteiger partial charge on any atom is 0.319 e. The molecule has 1 fully saturated rings. The monoisotopic (exact) mass is 406 g/mol. The van der Waals surface area contributed by atoms with Crippen molar-refractivity contribution in [3.63, 3.8) is 0 Å². The van der Waals surface area contributed by atoms with Crippen molar-refractivity contribution < 1.29 is 14.3 Å². The molecule has 0 bridgehead atoms. The van der Waals surface area contributed by atoms with Crippen LogP contribution in [-0.4, -0.2) is 35.8 Å². The molecule has 4 rings (SSSR count). The van der Waals surface area contributed by atoms with E-state index in [9.17, 15) is 9.59 Å². The summed E-state index contributed by atoms with van der Waals surface area (Å²) in [4.78, 5) is 24.8. The van der Waals surface area contributed by atoms with Gasteiger partial charge in [0.2, 0.25) is 0 Å². The normalized spacial score (nSPS) is 15.8. The molecule has 0 saturated carbocycles. The van der Waals surface area contributed by atoms with Gasteiger partial charge in [0.05, 0.1) is 6.10 Å². The van der Waals surface area contributed by atoms with E-state index in [2.05, 4.69) is 16.0 Å². The van der Waals surface area contributed by atoms with Crippen molar-refractivity contribution in [2.75, 3.05) is 23.8 Å². The van der Waals surface area contributed by atoms with Gasteiger partial charge in [0, 0.05) is 42.0 Å². The van der Waals surface area contributed by atoms with Crippen molar-refractivity contribution in [1.82, 2.24) is 9.88 Å². The Hall–Kier alpha value is -3.32. The van der Waals surface area contributed by atoms with Crippen molar-refractivity contribution in [1.29, 1.82) is 0 Å². The highest BCUT2D eigenvalue weighted by Gasteiger charge is 2.17. The summed E-state index contributed by atoms with van der Waals surface area (Å²) in [7, 11) is 0. The fourth-order valence-electron chi connectivity index (χ4n) is 3.76. The van der Waals surface area contributed by atoms with Crippen LogP contribution in [0.15, 0.2) is 54.6 Å². The molecule has 7 heteroatoms. The van der Waals surface area contributed by atoms with E-state index in [1.807, 2.05) is 41.8 Å². The Balaban J connectivity index is 1.36. The average Bonchev–Trinajstić information content (AvgIpc) is 3.41. The fraction of sp³-hybridized carbons (Fsp3) is 0.304. The molecule has 0 radical (unpaired) electrons. The molecular formula is C23H26N4O3. The van der Waals surface area contributed by atoms with Crippen molar-refractivity contribution >= 4 is 34.2 Å². The van der Waals surface area contributed by atoms with Crippen LogP contribution in [0.3, 0.4) is 0 Å². The second kappa shape index (κ2) is 9.00. The molecule has 3 N–H and O–H groups in total. The van der Waals surface area contributed by atoms with Gasteiger partial charge in [0.1, 0.15) is 5.69 Å². The number of benzene rings is 2. The minimum absolute atomic E-state index is 0.104. The van der Waals surface area contributed by atoms with E-state index in [-0.39, 0.29) is 18.0 Å². The molecule has 2 aromatic carbocycles. The highest BCUT2D eigenvalue weighted by Crippen LogP contribution is 2.21. The standard InChI is InChI=1S/C23H26N4O3/c1-2-27-20-8-4-3-6-16(20)14-21(27)22(28)25-17-9-11-18(12-10-17)26-23(29)24-15-19-7-5-13-30-19/h3-4,6,8-12,14,19H,2,5,7,13,15H2,1H3,(H,25,28)(H2,24,26,29). The maximum absolute atomic E-state index is 12.8. The number of amides is 3. The van der Waals surface area contributed by atoms with Crippen LogP contribution in [0.1, 0.15) is 30.3 Å². The number of hydrogen-bond acceptors (Lipinski definition) is 3. The summed E-state index contributed by atoms with van der Waals surface area (Å²) in [5.74, 6) is -0.164. The molecule has 1 aliphatic rings. The minimum atomic E-state index is -0.269. The van der Waals surface area contributed by atoms with Crippen molar-refractivity contribution in [2.24, 2.45) is 0 Å². The number of anilines is 2. The summed E-state index contributed by atoms with van der Waals surface area (Å²) in [5.41, 5.74) is 2.98. The van der Waals surface area contributed by atoms with Gasteiger partial charge < -0.3 is 25.3 Å². The fourth-order valence-corrected chi connectivity index (χ4v) is 3.76. The Morgan fingerprint density at radius 3 is 2.50 bits per heavy atom. The summed E-state index contributed by atoms with van der Waals surface area (Å²) >= 11 is 0. The van der Waals surface area contributed by atoms with Gasteiger partial charge in [-0.1, -0.05) is 18.2 Å². The maximum atomic E-state index is 12.8. The van der Waals surface area contributed by atoms with E-state index in [0.717, 1.165) is 30.4 Å². The van der Waals surface area contributed by atoms with E-state index in [4.69, 9.17) is 4.74 Å². The largest absolute Gasteiger partial charge is 0.376 e. The summed E-state index contributed by atoms with van der Waals surface area (Å²) in [5, 5.41) is 9.58. The number of nitrogens with zero attached hydrogens (tertiary/aromatic N) is 1. The molecular weight excluding hydrogens is 380 g/mol. The van der Waals surface area contributed by atoms with E-state index < -0.39 is 0 Å². The third kappa shape index (κ3) is 4.46. The highest BCUT2D eigenvalue weighted by molar-refractivity contribution is 6.06. The first-order chi connectivity index (χ1) is 14.6. The molecule has 0 spiro atoms. The number of nitrogens with one attached hydrogen (secondary N) is 3. The Bertz CT molecular complexity index is 1040. The first-order valence-corrected chi connectivity index (χ1v) is 10.3. The van der Waals surface area contributed by atoms with Gasteiger partial charge in [0.15, 0.2) is 0 Å². The number of aryl methyl sites for hydroxylation is 1. The zero-order chi connectivity index (χ0) is 20.9. The van der Waals surface area contributed by atoms with Crippen LogP contribution < -0.4 is 16.0 Å². The SMILES string of the molecule is CCn1c(C(=O)Nc2ccc(NC(=O)NCC3CCCO3)cc2)cc2ccccc21. The predicted molar refractivity (Wildman–Crippen MR) is 118 cm³/mol. The quantitative estimate of drug-likeness (QED) is 0.573. The Morgan fingerprint density at radius 1 is 1.07 bits per heavy atom. The number of carbonyl (C=O) groups is 2. The number of hydrogen-bond donors (Lipinski definition) is 3. The number of carbonyl (C=O) groups excluding carboxylic acids is 2. The van der Waals surface area contributed by atoms with E-state index >= 15 is 0 Å².